The number of hydrogen-bond acceptors (Lipinski definition) is 5. The third-order valence-corrected chi connectivity index (χ3v) is 5.46. The Morgan fingerprint density at radius 1 is 1.09 bits per heavy atom. The summed E-state index contributed by atoms with van der Waals surface area (Å²) in [6.45, 7) is 8.77. The molecule has 1 unspecified atom stereocenters. The number of nitrogens with one attached hydrogen (secondary N) is 2. The Morgan fingerprint density at radius 3 is 2.84 bits per heavy atom. The van der Waals surface area contributed by atoms with Gasteiger partial charge in [-0.3, -0.25) is 0 Å². The lowest BCUT2D eigenvalue weighted by Crippen LogP contribution is -2.37. The standard InChI is InChI=1S/C25H33N3O4/c1-3-26-25(28-16-20-6-4-7-22-24(20)31-12-5-11-30-22)27-15-19-9-8-18(2)14-23(19)32-21-10-13-29-17-21/h4,6-9,14,21H,3,5,10-13,15-17H2,1-2H3,(H2,26,27,28). The van der Waals surface area contributed by atoms with Gasteiger partial charge in [0.25, 0.3) is 0 Å². The van der Waals surface area contributed by atoms with E-state index in [4.69, 9.17) is 23.9 Å². The van der Waals surface area contributed by atoms with E-state index in [2.05, 4.69) is 42.7 Å². The van der Waals surface area contributed by atoms with Crippen molar-refractivity contribution < 1.29 is 18.9 Å². The van der Waals surface area contributed by atoms with E-state index in [1.165, 1.54) is 5.56 Å². The Hall–Kier alpha value is -2.93. The van der Waals surface area contributed by atoms with Crippen molar-refractivity contribution in [2.75, 3.05) is 33.0 Å². The highest BCUT2D eigenvalue weighted by atomic mass is 16.5. The number of ether oxygens (including phenoxy) is 4. The average Bonchev–Trinajstić information content (AvgIpc) is 3.18. The number of para-hydroxylation sites is 1. The zero-order valence-electron chi connectivity index (χ0n) is 19.0. The molecule has 0 aliphatic carbocycles. The van der Waals surface area contributed by atoms with Crippen LogP contribution in [0.3, 0.4) is 0 Å². The van der Waals surface area contributed by atoms with Crippen LogP contribution >= 0.6 is 0 Å². The first-order valence-corrected chi connectivity index (χ1v) is 11.5. The van der Waals surface area contributed by atoms with Crippen LogP contribution in [0.15, 0.2) is 41.4 Å². The molecular weight excluding hydrogens is 406 g/mol. The van der Waals surface area contributed by atoms with Gasteiger partial charge in [-0.1, -0.05) is 24.3 Å². The minimum atomic E-state index is 0.119. The third-order valence-electron chi connectivity index (χ3n) is 5.46. The van der Waals surface area contributed by atoms with Crippen LogP contribution in [0.2, 0.25) is 0 Å². The zero-order valence-corrected chi connectivity index (χ0v) is 19.0. The SMILES string of the molecule is CCNC(=NCc1cccc2c1OCCCO2)NCc1ccc(C)cc1OC1CCOC1. The van der Waals surface area contributed by atoms with Crippen LogP contribution in [-0.2, 0) is 17.8 Å². The van der Waals surface area contributed by atoms with Crippen molar-refractivity contribution in [1.82, 2.24) is 10.6 Å². The van der Waals surface area contributed by atoms with Crippen molar-refractivity contribution in [1.29, 1.82) is 0 Å². The molecule has 2 aromatic carbocycles. The number of hydrogen-bond donors (Lipinski definition) is 2. The van der Waals surface area contributed by atoms with Crippen molar-refractivity contribution in [3.63, 3.8) is 0 Å². The second-order valence-electron chi connectivity index (χ2n) is 8.06. The second kappa shape index (κ2) is 11.1. The predicted octanol–water partition coefficient (Wildman–Crippen LogP) is 3.58. The van der Waals surface area contributed by atoms with Crippen LogP contribution in [0.4, 0.5) is 0 Å². The Morgan fingerprint density at radius 2 is 2.00 bits per heavy atom. The lowest BCUT2D eigenvalue weighted by molar-refractivity contribution is 0.140. The summed E-state index contributed by atoms with van der Waals surface area (Å²) in [5.41, 5.74) is 3.29. The summed E-state index contributed by atoms with van der Waals surface area (Å²) in [5.74, 6) is 3.25. The fraction of sp³-hybridized carbons (Fsp3) is 0.480. The molecule has 0 radical (unpaired) electrons. The van der Waals surface area contributed by atoms with Gasteiger partial charge in [0.1, 0.15) is 11.9 Å². The molecule has 2 heterocycles. The first kappa shape index (κ1) is 22.3. The number of benzene rings is 2. The number of fused-ring (bicyclic) bond motifs is 1. The van der Waals surface area contributed by atoms with E-state index in [1.807, 2.05) is 18.2 Å². The quantitative estimate of drug-likeness (QED) is 0.508. The van der Waals surface area contributed by atoms with Gasteiger partial charge in [0.05, 0.1) is 33.0 Å². The molecule has 0 saturated carbocycles. The molecule has 2 aromatic rings. The Labute approximate surface area is 190 Å². The number of aryl methyl sites for hydroxylation is 1. The molecule has 0 spiro atoms. The second-order valence-corrected chi connectivity index (χ2v) is 8.06. The van der Waals surface area contributed by atoms with E-state index in [1.54, 1.807) is 0 Å². The Bertz CT molecular complexity index is 925. The van der Waals surface area contributed by atoms with Crippen LogP contribution in [0.25, 0.3) is 0 Å². The molecule has 1 saturated heterocycles. The highest BCUT2D eigenvalue weighted by molar-refractivity contribution is 5.79. The largest absolute Gasteiger partial charge is 0.490 e. The van der Waals surface area contributed by atoms with E-state index in [0.29, 0.717) is 32.9 Å². The minimum Gasteiger partial charge on any atom is -0.490 e. The van der Waals surface area contributed by atoms with E-state index in [9.17, 15) is 0 Å². The first-order valence-electron chi connectivity index (χ1n) is 11.5. The van der Waals surface area contributed by atoms with Crippen molar-refractivity contribution in [3.8, 4) is 17.2 Å². The van der Waals surface area contributed by atoms with E-state index in [0.717, 1.165) is 60.3 Å². The smallest absolute Gasteiger partial charge is 0.191 e. The molecular formula is C25H33N3O4. The van der Waals surface area contributed by atoms with Crippen LogP contribution in [0.5, 0.6) is 17.2 Å². The number of nitrogens with zero attached hydrogens (tertiary/aromatic N) is 1. The summed E-state index contributed by atoms with van der Waals surface area (Å²) in [6.07, 6.45) is 1.93. The molecule has 7 heteroatoms. The summed E-state index contributed by atoms with van der Waals surface area (Å²) in [7, 11) is 0. The van der Waals surface area contributed by atoms with Crippen molar-refractivity contribution >= 4 is 5.96 Å². The van der Waals surface area contributed by atoms with Gasteiger partial charge in [-0.25, -0.2) is 4.99 Å². The summed E-state index contributed by atoms with van der Waals surface area (Å²) in [4.78, 5) is 4.79. The maximum atomic E-state index is 6.23. The molecule has 4 rings (SSSR count). The van der Waals surface area contributed by atoms with Crippen molar-refractivity contribution in [3.05, 3.63) is 53.1 Å². The summed E-state index contributed by atoms with van der Waals surface area (Å²) in [6, 6.07) is 12.3. The summed E-state index contributed by atoms with van der Waals surface area (Å²) < 4.78 is 23.4. The topological polar surface area (TPSA) is 73.3 Å². The van der Waals surface area contributed by atoms with E-state index < -0.39 is 0 Å². The fourth-order valence-corrected chi connectivity index (χ4v) is 3.77. The van der Waals surface area contributed by atoms with Gasteiger partial charge in [-0.15, -0.1) is 0 Å². The van der Waals surface area contributed by atoms with Gasteiger partial charge in [-0.05, 0) is 31.5 Å². The normalized spacial score (nSPS) is 18.2. The molecule has 2 aliphatic rings. The maximum Gasteiger partial charge on any atom is 0.191 e. The van der Waals surface area contributed by atoms with Gasteiger partial charge in [-0.2, -0.15) is 0 Å². The van der Waals surface area contributed by atoms with Gasteiger partial charge in [0.15, 0.2) is 17.5 Å². The van der Waals surface area contributed by atoms with Gasteiger partial charge >= 0.3 is 0 Å². The summed E-state index contributed by atoms with van der Waals surface area (Å²) >= 11 is 0. The number of rotatable bonds is 7. The van der Waals surface area contributed by atoms with Gasteiger partial charge < -0.3 is 29.6 Å². The number of aliphatic imine (C=N–C) groups is 1. The first-order chi connectivity index (χ1) is 15.7. The van der Waals surface area contributed by atoms with Crippen molar-refractivity contribution in [2.45, 2.75) is 45.9 Å². The molecule has 0 amide bonds. The zero-order chi connectivity index (χ0) is 22.2. The average molecular weight is 440 g/mol. The molecule has 172 valence electrons. The minimum absolute atomic E-state index is 0.119. The maximum absolute atomic E-state index is 6.23. The lowest BCUT2D eigenvalue weighted by atomic mass is 10.1. The molecule has 0 bridgehead atoms. The van der Waals surface area contributed by atoms with E-state index in [-0.39, 0.29) is 6.10 Å². The van der Waals surface area contributed by atoms with Crippen LogP contribution in [-0.4, -0.2) is 45.0 Å². The molecule has 0 aromatic heterocycles. The van der Waals surface area contributed by atoms with Crippen LogP contribution < -0.4 is 24.8 Å². The van der Waals surface area contributed by atoms with Gasteiger partial charge in [0.2, 0.25) is 0 Å². The molecule has 2 aliphatic heterocycles. The van der Waals surface area contributed by atoms with Crippen LogP contribution in [0.1, 0.15) is 36.5 Å². The monoisotopic (exact) mass is 439 g/mol. The van der Waals surface area contributed by atoms with Crippen molar-refractivity contribution in [2.24, 2.45) is 4.99 Å². The van der Waals surface area contributed by atoms with E-state index >= 15 is 0 Å². The summed E-state index contributed by atoms with van der Waals surface area (Å²) in [5, 5.41) is 6.77. The third kappa shape index (κ3) is 5.85. The lowest BCUT2D eigenvalue weighted by Gasteiger charge is -2.18. The molecule has 32 heavy (non-hydrogen) atoms. The highest BCUT2D eigenvalue weighted by Gasteiger charge is 2.19. The van der Waals surface area contributed by atoms with Gasteiger partial charge in [0, 0.05) is 37.1 Å². The molecule has 2 N–H and O–H groups in total. The number of guanidine groups is 1. The Balaban J connectivity index is 1.45. The Kier molecular flexibility index (Phi) is 7.72. The predicted molar refractivity (Wildman–Crippen MR) is 125 cm³/mol. The molecule has 7 nitrogen and oxygen atoms in total. The van der Waals surface area contributed by atoms with Crippen LogP contribution in [0, 0.1) is 6.92 Å². The highest BCUT2D eigenvalue weighted by Crippen LogP contribution is 2.33. The molecule has 1 atom stereocenters. The fourth-order valence-electron chi connectivity index (χ4n) is 3.77. The molecule has 1 fully saturated rings.